The molecule has 0 bridgehead atoms. The Morgan fingerprint density at radius 3 is 2.50 bits per heavy atom. The molecule has 5 aromatic rings. The van der Waals surface area contributed by atoms with Gasteiger partial charge in [-0.1, -0.05) is 55.2 Å². The number of aromatic nitrogens is 2. The molecule has 34 heavy (non-hydrogen) atoms. The van der Waals surface area contributed by atoms with Crippen LogP contribution in [0.15, 0.2) is 71.6 Å². The van der Waals surface area contributed by atoms with Crippen LogP contribution in [0.5, 0.6) is 0 Å². The van der Waals surface area contributed by atoms with Crippen molar-refractivity contribution in [3.05, 3.63) is 92.7 Å². The van der Waals surface area contributed by atoms with E-state index in [0.29, 0.717) is 10.7 Å². The Hall–Kier alpha value is -2.76. The van der Waals surface area contributed by atoms with E-state index in [0.717, 1.165) is 55.0 Å². The molecule has 0 spiro atoms. The zero-order valence-corrected chi connectivity index (χ0v) is 21.0. The summed E-state index contributed by atoms with van der Waals surface area (Å²) in [5.41, 5.74) is 8.07. The molecule has 2 aromatic carbocycles. The van der Waals surface area contributed by atoms with Gasteiger partial charge in [0.15, 0.2) is 0 Å². The van der Waals surface area contributed by atoms with Gasteiger partial charge in [-0.2, -0.15) is 11.3 Å². The van der Waals surface area contributed by atoms with Crippen LogP contribution >= 0.6 is 34.5 Å². The summed E-state index contributed by atoms with van der Waals surface area (Å²) in [5, 5.41) is 16.7. The van der Waals surface area contributed by atoms with Gasteiger partial charge in [0, 0.05) is 44.2 Å². The van der Waals surface area contributed by atoms with Gasteiger partial charge < -0.3 is 5.11 Å². The van der Waals surface area contributed by atoms with E-state index >= 15 is 0 Å². The van der Waals surface area contributed by atoms with Gasteiger partial charge in [-0.05, 0) is 58.8 Å². The lowest BCUT2D eigenvalue weighted by Gasteiger charge is -2.17. The van der Waals surface area contributed by atoms with E-state index in [1.165, 1.54) is 0 Å². The fourth-order valence-corrected chi connectivity index (χ4v) is 5.65. The molecule has 0 aliphatic heterocycles. The lowest BCUT2D eigenvalue weighted by molar-refractivity contribution is 0.282. The predicted octanol–water partition coefficient (Wildman–Crippen LogP) is 8.61. The first kappa shape index (κ1) is 23.0. The molecule has 0 atom stereocenters. The topological polar surface area (TPSA) is 46.0 Å². The molecule has 1 N–H and O–H groups in total. The number of thiophene rings is 1. The molecular weight excluding hydrogens is 483 g/mol. The van der Waals surface area contributed by atoms with Crippen molar-refractivity contribution in [1.82, 2.24) is 9.97 Å². The normalized spacial score (nSPS) is 11.5. The molecule has 0 aliphatic carbocycles. The highest BCUT2D eigenvalue weighted by atomic mass is 35.5. The van der Waals surface area contributed by atoms with Crippen LogP contribution < -0.4 is 0 Å². The molecule has 3 nitrogen and oxygen atoms in total. The van der Waals surface area contributed by atoms with E-state index in [1.54, 1.807) is 17.5 Å². The fraction of sp³-hybridized carbons (Fsp3) is 0.143. The maximum absolute atomic E-state index is 10.3. The first-order valence-electron chi connectivity index (χ1n) is 11.0. The van der Waals surface area contributed by atoms with Crippen molar-refractivity contribution in [2.75, 3.05) is 0 Å². The standard InChI is InChI=1S/C28H22Cl2N2OS/c1-16(2)25-26(30)22-13-17(6-7-24(22)32-28(25)19-9-11-34-15-19)21-8-10-31-27(23(21)14-33)18-4-3-5-20(29)12-18/h3-13,15-16,33H,14H2,1-2H3. The first-order chi connectivity index (χ1) is 16.5. The van der Waals surface area contributed by atoms with Gasteiger partial charge in [-0.25, -0.2) is 4.98 Å². The van der Waals surface area contributed by atoms with Crippen molar-refractivity contribution < 1.29 is 5.11 Å². The highest BCUT2D eigenvalue weighted by Gasteiger charge is 2.20. The summed E-state index contributed by atoms with van der Waals surface area (Å²) < 4.78 is 0. The minimum absolute atomic E-state index is 0.149. The van der Waals surface area contributed by atoms with Crippen molar-refractivity contribution >= 4 is 45.4 Å². The van der Waals surface area contributed by atoms with Crippen LogP contribution in [0, 0.1) is 0 Å². The number of fused-ring (bicyclic) bond motifs is 1. The molecule has 6 heteroatoms. The fourth-order valence-electron chi connectivity index (χ4n) is 4.36. The molecule has 0 aliphatic rings. The molecule has 0 unspecified atom stereocenters. The summed E-state index contributed by atoms with van der Waals surface area (Å²) >= 11 is 14.9. The van der Waals surface area contributed by atoms with Crippen LogP contribution in [0.2, 0.25) is 10.0 Å². The lowest BCUT2D eigenvalue weighted by Crippen LogP contribution is -2.00. The molecule has 0 saturated heterocycles. The molecular formula is C28H22Cl2N2OS. The average Bonchev–Trinajstić information content (AvgIpc) is 3.38. The Morgan fingerprint density at radius 2 is 1.79 bits per heavy atom. The van der Waals surface area contributed by atoms with E-state index in [2.05, 4.69) is 41.7 Å². The SMILES string of the molecule is CC(C)c1c(-c2ccsc2)nc2ccc(-c3ccnc(-c4cccc(Cl)c4)c3CO)cc2c1Cl. The van der Waals surface area contributed by atoms with Gasteiger partial charge in [0.05, 0.1) is 28.5 Å². The summed E-state index contributed by atoms with van der Waals surface area (Å²) in [6.07, 6.45) is 1.76. The molecule has 0 fully saturated rings. The number of aliphatic hydroxyl groups excluding tert-OH is 1. The Labute approximate surface area is 212 Å². The smallest absolute Gasteiger partial charge is 0.0767 e. The monoisotopic (exact) mass is 504 g/mol. The summed E-state index contributed by atoms with van der Waals surface area (Å²) in [6.45, 7) is 4.13. The van der Waals surface area contributed by atoms with Crippen molar-refractivity contribution in [2.45, 2.75) is 26.4 Å². The third-order valence-corrected chi connectivity index (χ3v) is 7.28. The Balaban J connectivity index is 1.71. The van der Waals surface area contributed by atoms with Crippen LogP contribution in [0.4, 0.5) is 0 Å². The van der Waals surface area contributed by atoms with E-state index < -0.39 is 0 Å². The summed E-state index contributed by atoms with van der Waals surface area (Å²) in [5.74, 6) is 0.214. The van der Waals surface area contributed by atoms with Gasteiger partial charge >= 0.3 is 0 Å². The first-order valence-corrected chi connectivity index (χ1v) is 12.7. The highest BCUT2D eigenvalue weighted by molar-refractivity contribution is 7.08. The van der Waals surface area contributed by atoms with Crippen LogP contribution in [-0.2, 0) is 6.61 Å². The van der Waals surface area contributed by atoms with Gasteiger partial charge in [0.2, 0.25) is 0 Å². The molecule has 170 valence electrons. The van der Waals surface area contributed by atoms with Crippen LogP contribution in [0.3, 0.4) is 0 Å². The van der Waals surface area contributed by atoms with E-state index in [1.807, 2.05) is 42.5 Å². The third-order valence-electron chi connectivity index (χ3n) is 5.95. The van der Waals surface area contributed by atoms with Crippen molar-refractivity contribution in [3.63, 3.8) is 0 Å². The van der Waals surface area contributed by atoms with Crippen LogP contribution in [0.25, 0.3) is 44.5 Å². The minimum atomic E-state index is -0.149. The number of hydrogen-bond donors (Lipinski definition) is 1. The zero-order chi connectivity index (χ0) is 23.8. The largest absolute Gasteiger partial charge is 0.392 e. The summed E-state index contributed by atoms with van der Waals surface area (Å²) in [7, 11) is 0. The second-order valence-corrected chi connectivity index (χ2v) is 10.0. The van der Waals surface area contributed by atoms with E-state index in [9.17, 15) is 5.11 Å². The van der Waals surface area contributed by atoms with Crippen molar-refractivity contribution in [3.8, 4) is 33.6 Å². The molecule has 0 amide bonds. The second kappa shape index (κ2) is 9.47. The number of benzene rings is 2. The van der Waals surface area contributed by atoms with Crippen LogP contribution in [-0.4, -0.2) is 15.1 Å². The molecule has 3 heterocycles. The molecule has 0 radical (unpaired) electrons. The highest BCUT2D eigenvalue weighted by Crippen LogP contribution is 2.40. The number of pyridine rings is 2. The van der Waals surface area contributed by atoms with E-state index in [4.69, 9.17) is 28.2 Å². The number of aliphatic hydroxyl groups is 1. The Morgan fingerprint density at radius 1 is 0.941 bits per heavy atom. The zero-order valence-electron chi connectivity index (χ0n) is 18.7. The minimum Gasteiger partial charge on any atom is -0.392 e. The number of hydrogen-bond acceptors (Lipinski definition) is 4. The summed E-state index contributed by atoms with van der Waals surface area (Å²) in [4.78, 5) is 9.55. The average molecular weight is 505 g/mol. The molecule has 3 aromatic heterocycles. The van der Waals surface area contributed by atoms with E-state index in [-0.39, 0.29) is 12.5 Å². The maximum atomic E-state index is 10.3. The second-order valence-electron chi connectivity index (χ2n) is 8.44. The van der Waals surface area contributed by atoms with Gasteiger partial charge in [0.25, 0.3) is 0 Å². The number of halogens is 2. The summed E-state index contributed by atoms with van der Waals surface area (Å²) in [6, 6.07) is 17.6. The molecule has 5 rings (SSSR count). The Kier molecular flexibility index (Phi) is 6.41. The molecule has 0 saturated carbocycles. The number of rotatable bonds is 5. The third kappa shape index (κ3) is 4.12. The lowest BCUT2D eigenvalue weighted by atomic mass is 9.93. The Bertz CT molecular complexity index is 1500. The van der Waals surface area contributed by atoms with Crippen molar-refractivity contribution in [2.24, 2.45) is 0 Å². The quantitative estimate of drug-likeness (QED) is 0.260. The predicted molar refractivity (Wildman–Crippen MR) is 144 cm³/mol. The maximum Gasteiger partial charge on any atom is 0.0767 e. The van der Waals surface area contributed by atoms with Gasteiger partial charge in [-0.15, -0.1) is 0 Å². The van der Waals surface area contributed by atoms with Gasteiger partial charge in [-0.3, -0.25) is 4.98 Å². The number of nitrogens with zero attached hydrogens (tertiary/aromatic N) is 2. The van der Waals surface area contributed by atoms with Crippen LogP contribution in [0.1, 0.15) is 30.9 Å². The van der Waals surface area contributed by atoms with Gasteiger partial charge in [0.1, 0.15) is 0 Å². The van der Waals surface area contributed by atoms with Crippen molar-refractivity contribution in [1.29, 1.82) is 0 Å².